The van der Waals surface area contributed by atoms with E-state index in [1.807, 2.05) is 26.8 Å². The SMILES string of the molecule is CCOc1cc(C(=O)Nc2cc(N3CCCCC3)ncn2)cc(OCC)c1OCC. The van der Waals surface area contributed by atoms with E-state index in [9.17, 15) is 4.79 Å². The lowest BCUT2D eigenvalue weighted by molar-refractivity contribution is 0.102. The first-order valence-electron chi connectivity index (χ1n) is 10.6. The second-order valence-corrected chi connectivity index (χ2v) is 6.86. The van der Waals surface area contributed by atoms with E-state index in [0.29, 0.717) is 48.5 Å². The van der Waals surface area contributed by atoms with Crippen LogP contribution in [0.5, 0.6) is 17.2 Å². The Morgan fingerprint density at radius 1 is 0.933 bits per heavy atom. The summed E-state index contributed by atoms with van der Waals surface area (Å²) >= 11 is 0. The van der Waals surface area contributed by atoms with Crippen LogP contribution in [0.3, 0.4) is 0 Å². The molecule has 1 aliphatic rings. The van der Waals surface area contributed by atoms with Gasteiger partial charge in [0, 0.05) is 24.7 Å². The highest BCUT2D eigenvalue weighted by atomic mass is 16.5. The molecule has 1 fully saturated rings. The minimum Gasteiger partial charge on any atom is -0.490 e. The van der Waals surface area contributed by atoms with Crippen molar-refractivity contribution in [2.45, 2.75) is 40.0 Å². The average Bonchev–Trinajstić information content (AvgIpc) is 2.77. The van der Waals surface area contributed by atoms with E-state index in [4.69, 9.17) is 14.2 Å². The van der Waals surface area contributed by atoms with Gasteiger partial charge >= 0.3 is 0 Å². The van der Waals surface area contributed by atoms with Crippen LogP contribution in [-0.2, 0) is 0 Å². The number of ether oxygens (including phenoxy) is 3. The fourth-order valence-electron chi connectivity index (χ4n) is 3.42. The molecule has 2 aromatic rings. The summed E-state index contributed by atoms with van der Waals surface area (Å²) in [6.07, 6.45) is 5.03. The third-order valence-electron chi connectivity index (χ3n) is 4.75. The lowest BCUT2D eigenvalue weighted by atomic mass is 10.1. The van der Waals surface area contributed by atoms with E-state index in [0.717, 1.165) is 31.7 Å². The zero-order valence-corrected chi connectivity index (χ0v) is 17.9. The number of benzene rings is 1. The summed E-state index contributed by atoms with van der Waals surface area (Å²) < 4.78 is 17.1. The number of rotatable bonds is 9. The molecule has 8 nitrogen and oxygen atoms in total. The molecule has 1 saturated heterocycles. The van der Waals surface area contributed by atoms with Crippen LogP contribution in [0.25, 0.3) is 0 Å². The molecule has 3 rings (SSSR count). The zero-order valence-electron chi connectivity index (χ0n) is 17.9. The highest BCUT2D eigenvalue weighted by molar-refractivity contribution is 6.04. The summed E-state index contributed by atoms with van der Waals surface area (Å²) in [6.45, 7) is 8.95. The monoisotopic (exact) mass is 414 g/mol. The third-order valence-corrected chi connectivity index (χ3v) is 4.75. The van der Waals surface area contributed by atoms with Gasteiger partial charge in [0.25, 0.3) is 5.91 Å². The number of aromatic nitrogens is 2. The van der Waals surface area contributed by atoms with Crippen molar-refractivity contribution in [1.82, 2.24) is 9.97 Å². The summed E-state index contributed by atoms with van der Waals surface area (Å²) in [5.74, 6) is 2.45. The highest BCUT2D eigenvalue weighted by Crippen LogP contribution is 2.39. The van der Waals surface area contributed by atoms with Gasteiger partial charge in [-0.05, 0) is 52.2 Å². The molecular weight excluding hydrogens is 384 g/mol. The molecule has 0 unspecified atom stereocenters. The first-order chi connectivity index (χ1) is 14.7. The Kier molecular flexibility index (Phi) is 7.70. The fraction of sp³-hybridized carbons (Fsp3) is 0.500. The molecule has 1 aromatic carbocycles. The van der Waals surface area contributed by atoms with Gasteiger partial charge in [-0.15, -0.1) is 0 Å². The number of nitrogens with zero attached hydrogens (tertiary/aromatic N) is 3. The van der Waals surface area contributed by atoms with Crippen molar-refractivity contribution in [1.29, 1.82) is 0 Å². The topological polar surface area (TPSA) is 85.8 Å². The smallest absolute Gasteiger partial charge is 0.257 e. The Bertz CT molecular complexity index is 826. The maximum absolute atomic E-state index is 12.9. The van der Waals surface area contributed by atoms with E-state index in [2.05, 4.69) is 20.2 Å². The van der Waals surface area contributed by atoms with Gasteiger partial charge in [-0.3, -0.25) is 4.79 Å². The number of anilines is 2. The van der Waals surface area contributed by atoms with Crippen molar-refractivity contribution in [2.24, 2.45) is 0 Å². The van der Waals surface area contributed by atoms with Gasteiger partial charge in [-0.1, -0.05) is 0 Å². The first-order valence-corrected chi connectivity index (χ1v) is 10.6. The number of carbonyl (C=O) groups excluding carboxylic acids is 1. The second kappa shape index (κ2) is 10.7. The Balaban J connectivity index is 1.83. The molecule has 1 amide bonds. The predicted molar refractivity (Wildman–Crippen MR) is 116 cm³/mol. The lowest BCUT2D eigenvalue weighted by Crippen LogP contribution is -2.30. The molecule has 0 bridgehead atoms. The second-order valence-electron chi connectivity index (χ2n) is 6.86. The third kappa shape index (κ3) is 5.31. The number of hydrogen-bond acceptors (Lipinski definition) is 7. The molecule has 0 aliphatic carbocycles. The molecule has 0 atom stereocenters. The standard InChI is InChI=1S/C22H30N4O4/c1-4-28-17-12-16(13-18(29-5-2)21(17)30-6-3)22(27)25-19-14-20(24-15-23-19)26-10-8-7-9-11-26/h12-15H,4-11H2,1-3H3,(H,23,24,25,27). The van der Waals surface area contributed by atoms with Crippen LogP contribution in [0.2, 0.25) is 0 Å². The van der Waals surface area contributed by atoms with Gasteiger partial charge in [0.2, 0.25) is 5.75 Å². The minimum atomic E-state index is -0.303. The number of carbonyl (C=O) groups is 1. The van der Waals surface area contributed by atoms with Crippen LogP contribution in [0.4, 0.5) is 11.6 Å². The molecule has 8 heteroatoms. The largest absolute Gasteiger partial charge is 0.490 e. The van der Waals surface area contributed by atoms with Crippen LogP contribution in [-0.4, -0.2) is 48.8 Å². The van der Waals surface area contributed by atoms with E-state index >= 15 is 0 Å². The summed E-state index contributed by atoms with van der Waals surface area (Å²) in [7, 11) is 0. The fourth-order valence-corrected chi connectivity index (χ4v) is 3.42. The maximum atomic E-state index is 12.9. The van der Waals surface area contributed by atoms with Crippen molar-refractivity contribution >= 4 is 17.5 Å². The first kappa shape index (κ1) is 21.7. The van der Waals surface area contributed by atoms with Crippen molar-refractivity contribution in [3.63, 3.8) is 0 Å². The van der Waals surface area contributed by atoms with E-state index in [1.165, 1.54) is 12.7 Å². The van der Waals surface area contributed by atoms with E-state index in [-0.39, 0.29) is 5.91 Å². The Morgan fingerprint density at radius 3 is 2.17 bits per heavy atom. The Morgan fingerprint density at radius 2 is 1.57 bits per heavy atom. The van der Waals surface area contributed by atoms with E-state index in [1.54, 1.807) is 12.1 Å². The van der Waals surface area contributed by atoms with Gasteiger partial charge in [0.15, 0.2) is 11.5 Å². The quantitative estimate of drug-likeness (QED) is 0.666. The maximum Gasteiger partial charge on any atom is 0.257 e. The van der Waals surface area contributed by atoms with Gasteiger partial charge in [-0.2, -0.15) is 0 Å². The molecule has 1 aliphatic heterocycles. The summed E-state index contributed by atoms with van der Waals surface area (Å²) in [6, 6.07) is 5.14. The van der Waals surface area contributed by atoms with Crippen LogP contribution < -0.4 is 24.4 Å². The molecule has 162 valence electrons. The van der Waals surface area contributed by atoms with Crippen molar-refractivity contribution in [3.8, 4) is 17.2 Å². The Labute approximate surface area is 177 Å². The summed E-state index contributed by atoms with van der Waals surface area (Å²) in [5.41, 5.74) is 0.406. The summed E-state index contributed by atoms with van der Waals surface area (Å²) in [4.78, 5) is 23.7. The summed E-state index contributed by atoms with van der Waals surface area (Å²) in [5, 5.41) is 2.86. The van der Waals surface area contributed by atoms with Gasteiger partial charge in [-0.25, -0.2) is 9.97 Å². The number of nitrogens with one attached hydrogen (secondary N) is 1. The average molecular weight is 415 g/mol. The normalized spacial score (nSPS) is 13.6. The molecule has 0 radical (unpaired) electrons. The number of amides is 1. The molecule has 1 N–H and O–H groups in total. The number of hydrogen-bond donors (Lipinski definition) is 1. The van der Waals surface area contributed by atoms with E-state index < -0.39 is 0 Å². The van der Waals surface area contributed by atoms with Gasteiger partial charge < -0.3 is 24.4 Å². The van der Waals surface area contributed by atoms with Crippen LogP contribution >= 0.6 is 0 Å². The molecule has 1 aromatic heterocycles. The molecular formula is C22H30N4O4. The molecule has 0 spiro atoms. The Hall–Kier alpha value is -3.03. The van der Waals surface area contributed by atoms with Gasteiger partial charge in [0.1, 0.15) is 18.0 Å². The van der Waals surface area contributed by atoms with Crippen LogP contribution in [0.1, 0.15) is 50.4 Å². The van der Waals surface area contributed by atoms with Gasteiger partial charge in [0.05, 0.1) is 19.8 Å². The van der Waals surface area contributed by atoms with Crippen LogP contribution in [0.15, 0.2) is 24.5 Å². The zero-order chi connectivity index (χ0) is 21.3. The molecule has 2 heterocycles. The van der Waals surface area contributed by atoms with Crippen molar-refractivity contribution < 1.29 is 19.0 Å². The van der Waals surface area contributed by atoms with Crippen molar-refractivity contribution in [2.75, 3.05) is 43.1 Å². The number of piperidine rings is 1. The molecule has 30 heavy (non-hydrogen) atoms. The van der Waals surface area contributed by atoms with Crippen LogP contribution in [0, 0.1) is 0 Å². The minimum absolute atomic E-state index is 0.303. The predicted octanol–water partition coefficient (Wildman–Crippen LogP) is 3.92. The molecule has 0 saturated carbocycles. The van der Waals surface area contributed by atoms with Crippen molar-refractivity contribution in [3.05, 3.63) is 30.1 Å². The highest BCUT2D eigenvalue weighted by Gasteiger charge is 2.19. The lowest BCUT2D eigenvalue weighted by Gasteiger charge is -2.27.